The predicted molar refractivity (Wildman–Crippen MR) is 64.7 cm³/mol. The summed E-state index contributed by atoms with van der Waals surface area (Å²) in [4.78, 5) is 11.0. The van der Waals surface area contributed by atoms with E-state index in [1.807, 2.05) is 0 Å². The molecule has 18 heavy (non-hydrogen) atoms. The summed E-state index contributed by atoms with van der Waals surface area (Å²) in [5.41, 5.74) is 0. The number of halogens is 2. The molecule has 0 unspecified atom stereocenters. The van der Waals surface area contributed by atoms with Crippen LogP contribution < -0.4 is 4.72 Å². The second-order valence-electron chi connectivity index (χ2n) is 3.12. The first-order chi connectivity index (χ1) is 8.49. The molecule has 0 aromatic carbocycles. The third kappa shape index (κ3) is 2.79. The van der Waals surface area contributed by atoms with Gasteiger partial charge in [0, 0.05) is 6.20 Å². The van der Waals surface area contributed by atoms with Gasteiger partial charge in [0.05, 0.1) is 12.4 Å². The van der Waals surface area contributed by atoms with E-state index in [1.165, 1.54) is 24.7 Å². The van der Waals surface area contributed by atoms with Crippen LogP contribution in [0.2, 0.25) is 0 Å². The Morgan fingerprint density at radius 1 is 1.22 bits per heavy atom. The summed E-state index contributed by atoms with van der Waals surface area (Å²) in [7, 11) is -4.11. The molecule has 0 radical (unpaired) electrons. The van der Waals surface area contributed by atoms with Gasteiger partial charge in [-0.3, -0.25) is 4.72 Å². The first-order valence-corrected chi connectivity index (χ1v) is 6.87. The van der Waals surface area contributed by atoms with Crippen molar-refractivity contribution < 1.29 is 12.8 Å². The Morgan fingerprint density at radius 2 is 2.00 bits per heavy atom. The summed E-state index contributed by atoms with van der Waals surface area (Å²) in [5.74, 6) is -0.960. The van der Waals surface area contributed by atoms with E-state index in [-0.39, 0.29) is 5.82 Å². The molecule has 0 aliphatic rings. The molecule has 1 N–H and O–H groups in total. The summed E-state index contributed by atoms with van der Waals surface area (Å²) in [5, 5.41) is -0.685. The highest BCUT2D eigenvalue weighted by molar-refractivity contribution is 9.10. The number of anilines is 1. The summed E-state index contributed by atoms with van der Waals surface area (Å²) in [6, 6.07) is 2.31. The molecule has 0 fully saturated rings. The van der Waals surface area contributed by atoms with Crippen LogP contribution in [-0.4, -0.2) is 23.4 Å². The molecule has 0 spiro atoms. The summed E-state index contributed by atoms with van der Waals surface area (Å²) >= 11 is 3.06. The van der Waals surface area contributed by atoms with Crippen LogP contribution in [0.25, 0.3) is 0 Å². The van der Waals surface area contributed by atoms with Crippen molar-refractivity contribution >= 4 is 31.8 Å². The zero-order valence-corrected chi connectivity index (χ0v) is 11.1. The average Bonchev–Trinajstić information content (AvgIpc) is 2.32. The van der Waals surface area contributed by atoms with Crippen molar-refractivity contribution in [2.75, 3.05) is 4.72 Å². The fourth-order valence-electron chi connectivity index (χ4n) is 1.12. The van der Waals surface area contributed by atoms with Gasteiger partial charge in [0.25, 0.3) is 10.0 Å². The van der Waals surface area contributed by atoms with E-state index < -0.39 is 20.9 Å². The summed E-state index contributed by atoms with van der Waals surface area (Å²) in [6.45, 7) is 0. The molecule has 9 heteroatoms. The van der Waals surface area contributed by atoms with Gasteiger partial charge in [-0.2, -0.15) is 8.42 Å². The van der Waals surface area contributed by atoms with E-state index in [1.54, 1.807) is 0 Å². The predicted octanol–water partition coefficient (Wildman–Crippen LogP) is 1.57. The van der Waals surface area contributed by atoms with Gasteiger partial charge in [0.2, 0.25) is 5.03 Å². The van der Waals surface area contributed by atoms with E-state index in [4.69, 9.17) is 0 Å². The lowest BCUT2D eigenvalue weighted by atomic mass is 10.5. The van der Waals surface area contributed by atoms with Crippen LogP contribution in [0.5, 0.6) is 0 Å². The minimum absolute atomic E-state index is 0.0248. The molecule has 0 amide bonds. The number of nitrogens with one attached hydrogen (secondary N) is 1. The minimum Gasteiger partial charge on any atom is -0.261 e. The molecule has 2 heterocycles. The average molecular weight is 333 g/mol. The van der Waals surface area contributed by atoms with Crippen LogP contribution in [-0.2, 0) is 10.0 Å². The van der Waals surface area contributed by atoms with Gasteiger partial charge < -0.3 is 0 Å². The van der Waals surface area contributed by atoms with Gasteiger partial charge in [-0.25, -0.2) is 19.3 Å². The van der Waals surface area contributed by atoms with Crippen molar-refractivity contribution in [2.45, 2.75) is 5.03 Å². The first-order valence-electron chi connectivity index (χ1n) is 4.60. The third-order valence-electron chi connectivity index (χ3n) is 1.84. The Bertz CT molecular complexity index is 663. The SMILES string of the molecule is O=S(=O)(Nc1cnc(Br)cn1)c1ncccc1F. The van der Waals surface area contributed by atoms with Gasteiger partial charge in [0.15, 0.2) is 11.6 Å². The zero-order valence-electron chi connectivity index (χ0n) is 8.71. The molecule has 0 bridgehead atoms. The van der Waals surface area contributed by atoms with Crippen molar-refractivity contribution in [1.82, 2.24) is 15.0 Å². The quantitative estimate of drug-likeness (QED) is 0.922. The van der Waals surface area contributed by atoms with E-state index in [0.29, 0.717) is 4.60 Å². The van der Waals surface area contributed by atoms with Crippen LogP contribution in [0, 0.1) is 5.82 Å². The van der Waals surface area contributed by atoms with Crippen molar-refractivity contribution in [1.29, 1.82) is 0 Å². The Morgan fingerprint density at radius 3 is 2.61 bits per heavy atom. The maximum absolute atomic E-state index is 13.3. The largest absolute Gasteiger partial charge is 0.283 e. The number of hydrogen-bond acceptors (Lipinski definition) is 5. The van der Waals surface area contributed by atoms with E-state index >= 15 is 0 Å². The van der Waals surface area contributed by atoms with E-state index in [2.05, 4.69) is 35.6 Å². The van der Waals surface area contributed by atoms with Gasteiger partial charge in [-0.05, 0) is 28.1 Å². The maximum Gasteiger partial charge on any atom is 0.283 e. The molecule has 0 aliphatic carbocycles. The van der Waals surface area contributed by atoms with Crippen molar-refractivity contribution in [3.63, 3.8) is 0 Å². The highest BCUT2D eigenvalue weighted by atomic mass is 79.9. The molecule has 94 valence electrons. The fourth-order valence-corrected chi connectivity index (χ4v) is 2.33. The highest BCUT2D eigenvalue weighted by Crippen LogP contribution is 2.15. The number of pyridine rings is 1. The normalized spacial score (nSPS) is 11.2. The second-order valence-corrected chi connectivity index (χ2v) is 5.53. The van der Waals surface area contributed by atoms with E-state index in [9.17, 15) is 12.8 Å². The van der Waals surface area contributed by atoms with E-state index in [0.717, 1.165) is 6.07 Å². The fraction of sp³-hybridized carbons (Fsp3) is 0. The molecule has 2 aromatic rings. The van der Waals surface area contributed by atoms with Crippen LogP contribution in [0.4, 0.5) is 10.2 Å². The number of rotatable bonds is 3. The van der Waals surface area contributed by atoms with Crippen molar-refractivity contribution in [2.24, 2.45) is 0 Å². The lowest BCUT2D eigenvalue weighted by Crippen LogP contribution is -2.17. The minimum atomic E-state index is -4.11. The molecule has 0 saturated heterocycles. The molecular weight excluding hydrogens is 327 g/mol. The molecule has 0 atom stereocenters. The number of sulfonamides is 1. The number of nitrogens with zero attached hydrogens (tertiary/aromatic N) is 3. The van der Waals surface area contributed by atoms with Crippen molar-refractivity contribution in [3.8, 4) is 0 Å². The van der Waals surface area contributed by atoms with Crippen LogP contribution in [0.1, 0.15) is 0 Å². The summed E-state index contributed by atoms with van der Waals surface area (Å²) in [6.07, 6.45) is 3.69. The molecule has 0 saturated carbocycles. The molecule has 2 aromatic heterocycles. The zero-order chi connectivity index (χ0) is 13.2. The Hall–Kier alpha value is -1.61. The van der Waals surface area contributed by atoms with Crippen LogP contribution in [0.15, 0.2) is 40.4 Å². The monoisotopic (exact) mass is 332 g/mol. The first kappa shape index (κ1) is 12.8. The van der Waals surface area contributed by atoms with Gasteiger partial charge in [-0.1, -0.05) is 0 Å². The smallest absolute Gasteiger partial charge is 0.261 e. The van der Waals surface area contributed by atoms with Crippen molar-refractivity contribution in [3.05, 3.63) is 41.1 Å². The van der Waals surface area contributed by atoms with Gasteiger partial charge >= 0.3 is 0 Å². The number of hydrogen-bond donors (Lipinski definition) is 1. The molecule has 2 rings (SSSR count). The maximum atomic E-state index is 13.3. The van der Waals surface area contributed by atoms with Gasteiger partial charge in [0.1, 0.15) is 4.60 Å². The third-order valence-corrected chi connectivity index (χ3v) is 3.54. The Labute approximate surface area is 110 Å². The second kappa shape index (κ2) is 4.94. The standard InChI is InChI=1S/C9H6BrFN4O2S/c10-7-4-14-8(5-13-7)15-18(16,17)9-6(11)2-1-3-12-9/h1-5H,(H,14,15). The summed E-state index contributed by atoms with van der Waals surface area (Å²) < 4.78 is 39.5. The molecule has 0 aliphatic heterocycles. The van der Waals surface area contributed by atoms with Gasteiger partial charge in [-0.15, -0.1) is 0 Å². The Kier molecular flexibility index (Phi) is 3.53. The number of aromatic nitrogens is 3. The Balaban J connectivity index is 2.33. The lowest BCUT2D eigenvalue weighted by Gasteiger charge is -2.06. The topological polar surface area (TPSA) is 84.8 Å². The van der Waals surface area contributed by atoms with Crippen LogP contribution in [0.3, 0.4) is 0 Å². The highest BCUT2D eigenvalue weighted by Gasteiger charge is 2.21. The van der Waals surface area contributed by atoms with Crippen LogP contribution >= 0.6 is 15.9 Å². The lowest BCUT2D eigenvalue weighted by molar-refractivity contribution is 0.556. The molecular formula is C9H6BrFN4O2S. The molecule has 6 nitrogen and oxygen atoms in total.